The second kappa shape index (κ2) is 9.03. The van der Waals surface area contributed by atoms with Crippen LogP contribution < -0.4 is 0 Å². The van der Waals surface area contributed by atoms with Gasteiger partial charge in [0.2, 0.25) is 0 Å². The minimum atomic E-state index is -0.463. The van der Waals surface area contributed by atoms with Gasteiger partial charge in [-0.1, -0.05) is 37.3 Å². The first-order chi connectivity index (χ1) is 12.1. The van der Waals surface area contributed by atoms with Gasteiger partial charge in [0.1, 0.15) is 11.3 Å². The van der Waals surface area contributed by atoms with Gasteiger partial charge in [0.05, 0.1) is 33.6 Å². The molecular weight excluding hydrogens is 322 g/mol. The average molecular weight is 345 g/mol. The van der Waals surface area contributed by atoms with Gasteiger partial charge in [-0.3, -0.25) is 9.69 Å². The minimum Gasteiger partial charge on any atom is -0.468 e. The number of methoxy groups -OCH3 is 2. The monoisotopic (exact) mass is 345 g/mol. The van der Waals surface area contributed by atoms with E-state index in [4.69, 9.17) is 13.9 Å². The Bertz CT molecular complexity index is 695. The summed E-state index contributed by atoms with van der Waals surface area (Å²) in [5.74, 6) is -0.347. The highest BCUT2D eigenvalue weighted by Crippen LogP contribution is 2.27. The van der Waals surface area contributed by atoms with Crippen molar-refractivity contribution in [3.05, 3.63) is 59.5 Å². The van der Waals surface area contributed by atoms with E-state index in [-0.39, 0.29) is 18.6 Å². The van der Waals surface area contributed by atoms with Crippen molar-refractivity contribution < 1.29 is 23.5 Å². The Morgan fingerprint density at radius 2 is 1.84 bits per heavy atom. The Kier molecular flexibility index (Phi) is 6.77. The molecule has 0 saturated carbocycles. The van der Waals surface area contributed by atoms with E-state index in [1.165, 1.54) is 20.5 Å². The summed E-state index contributed by atoms with van der Waals surface area (Å²) < 4.78 is 15.1. The molecule has 0 spiro atoms. The molecule has 0 fully saturated rings. The summed E-state index contributed by atoms with van der Waals surface area (Å²) in [6, 6.07) is 11.5. The van der Waals surface area contributed by atoms with E-state index in [2.05, 4.69) is 0 Å². The molecule has 0 aliphatic rings. The molecule has 1 atom stereocenters. The van der Waals surface area contributed by atoms with Crippen LogP contribution in [-0.4, -0.2) is 37.6 Å². The van der Waals surface area contributed by atoms with Gasteiger partial charge in [0, 0.05) is 6.04 Å². The summed E-state index contributed by atoms with van der Waals surface area (Å²) in [4.78, 5) is 25.7. The normalized spacial score (nSPS) is 12.0. The number of carbonyl (C=O) groups is 2. The fourth-order valence-electron chi connectivity index (χ4n) is 2.83. The number of benzene rings is 1. The molecule has 1 aromatic carbocycles. The zero-order valence-corrected chi connectivity index (χ0v) is 14.7. The third-order valence-corrected chi connectivity index (χ3v) is 4.07. The van der Waals surface area contributed by atoms with E-state index in [1.54, 1.807) is 6.07 Å². The van der Waals surface area contributed by atoms with Crippen LogP contribution in [0.4, 0.5) is 0 Å². The standard InChI is InChI=1S/C19H23NO5/c1-4-16(14-8-6-5-7-9-14)20(13-18(21)23-2)12-17-15(10-11-25-17)19(22)24-3/h5-11,16H,4,12-13H2,1-3H3/t16-/m0/s1. The molecule has 6 heteroatoms. The van der Waals surface area contributed by atoms with Gasteiger partial charge in [-0.2, -0.15) is 0 Å². The molecule has 0 bridgehead atoms. The molecule has 0 radical (unpaired) electrons. The van der Waals surface area contributed by atoms with Crippen LogP contribution in [0.25, 0.3) is 0 Å². The summed E-state index contributed by atoms with van der Waals surface area (Å²) in [5, 5.41) is 0. The summed E-state index contributed by atoms with van der Waals surface area (Å²) in [7, 11) is 2.68. The predicted molar refractivity (Wildman–Crippen MR) is 91.9 cm³/mol. The van der Waals surface area contributed by atoms with Crippen molar-refractivity contribution in [2.75, 3.05) is 20.8 Å². The van der Waals surface area contributed by atoms with E-state index >= 15 is 0 Å². The highest BCUT2D eigenvalue weighted by atomic mass is 16.5. The smallest absolute Gasteiger partial charge is 0.341 e. The third kappa shape index (κ3) is 4.70. The number of ether oxygens (including phenoxy) is 2. The fourth-order valence-corrected chi connectivity index (χ4v) is 2.83. The summed E-state index contributed by atoms with van der Waals surface area (Å²) in [6.07, 6.45) is 2.23. The molecule has 25 heavy (non-hydrogen) atoms. The first-order valence-corrected chi connectivity index (χ1v) is 8.11. The number of nitrogens with zero attached hydrogens (tertiary/aromatic N) is 1. The molecule has 2 aromatic rings. The SMILES string of the molecule is CC[C@@H](c1ccccc1)N(CC(=O)OC)Cc1occc1C(=O)OC. The predicted octanol–water partition coefficient (Wildman–Crippen LogP) is 3.19. The van der Waals surface area contributed by atoms with E-state index < -0.39 is 5.97 Å². The Morgan fingerprint density at radius 3 is 2.44 bits per heavy atom. The molecule has 0 amide bonds. The number of hydrogen-bond donors (Lipinski definition) is 0. The van der Waals surface area contributed by atoms with Crippen LogP contribution in [0, 0.1) is 0 Å². The zero-order valence-electron chi connectivity index (χ0n) is 14.7. The van der Waals surface area contributed by atoms with Gasteiger partial charge in [-0.05, 0) is 18.1 Å². The molecule has 0 saturated heterocycles. The van der Waals surface area contributed by atoms with E-state index in [0.717, 1.165) is 12.0 Å². The topological polar surface area (TPSA) is 69.0 Å². The van der Waals surface area contributed by atoms with Crippen molar-refractivity contribution in [3.63, 3.8) is 0 Å². The van der Waals surface area contributed by atoms with Gasteiger partial charge >= 0.3 is 11.9 Å². The Hall–Kier alpha value is -2.60. The Balaban J connectivity index is 2.31. The van der Waals surface area contributed by atoms with Crippen molar-refractivity contribution in [1.82, 2.24) is 4.90 Å². The molecule has 1 heterocycles. The number of furan rings is 1. The van der Waals surface area contributed by atoms with Crippen LogP contribution in [0.2, 0.25) is 0 Å². The van der Waals surface area contributed by atoms with Crippen molar-refractivity contribution in [2.45, 2.75) is 25.9 Å². The molecule has 1 aromatic heterocycles. The fraction of sp³-hybridized carbons (Fsp3) is 0.368. The number of esters is 2. The van der Waals surface area contributed by atoms with Crippen molar-refractivity contribution >= 4 is 11.9 Å². The molecule has 0 aliphatic heterocycles. The average Bonchev–Trinajstić information content (AvgIpc) is 3.10. The molecule has 0 unspecified atom stereocenters. The first-order valence-electron chi connectivity index (χ1n) is 8.11. The highest BCUT2D eigenvalue weighted by molar-refractivity contribution is 5.90. The van der Waals surface area contributed by atoms with Gasteiger partial charge < -0.3 is 13.9 Å². The second-order valence-corrected chi connectivity index (χ2v) is 5.56. The summed E-state index contributed by atoms with van der Waals surface area (Å²) >= 11 is 0. The quantitative estimate of drug-likeness (QED) is 0.685. The van der Waals surface area contributed by atoms with Crippen LogP contribution >= 0.6 is 0 Å². The molecular formula is C19H23NO5. The van der Waals surface area contributed by atoms with Crippen LogP contribution in [0.1, 0.15) is 41.1 Å². The lowest BCUT2D eigenvalue weighted by molar-refractivity contribution is -0.142. The Labute approximate surface area is 147 Å². The maximum absolute atomic E-state index is 11.9. The van der Waals surface area contributed by atoms with E-state index in [9.17, 15) is 9.59 Å². The maximum Gasteiger partial charge on any atom is 0.341 e. The van der Waals surface area contributed by atoms with E-state index in [1.807, 2.05) is 42.2 Å². The van der Waals surface area contributed by atoms with Crippen molar-refractivity contribution in [1.29, 1.82) is 0 Å². The Morgan fingerprint density at radius 1 is 1.12 bits per heavy atom. The van der Waals surface area contributed by atoms with Gasteiger partial charge in [0.15, 0.2) is 0 Å². The van der Waals surface area contributed by atoms with Crippen LogP contribution in [0.15, 0.2) is 47.1 Å². The second-order valence-electron chi connectivity index (χ2n) is 5.56. The highest BCUT2D eigenvalue weighted by Gasteiger charge is 2.25. The van der Waals surface area contributed by atoms with Gasteiger partial charge in [0.25, 0.3) is 0 Å². The van der Waals surface area contributed by atoms with Crippen molar-refractivity contribution in [2.24, 2.45) is 0 Å². The minimum absolute atomic E-state index is 0.0177. The zero-order chi connectivity index (χ0) is 18.2. The van der Waals surface area contributed by atoms with E-state index in [0.29, 0.717) is 17.9 Å². The summed E-state index contributed by atoms with van der Waals surface area (Å²) in [6.45, 7) is 2.43. The lowest BCUT2D eigenvalue weighted by Gasteiger charge is -2.30. The lowest BCUT2D eigenvalue weighted by atomic mass is 10.0. The van der Waals surface area contributed by atoms with Crippen LogP contribution in [-0.2, 0) is 20.8 Å². The number of hydrogen-bond acceptors (Lipinski definition) is 6. The van der Waals surface area contributed by atoms with Crippen LogP contribution in [0.3, 0.4) is 0 Å². The third-order valence-electron chi connectivity index (χ3n) is 4.07. The number of rotatable bonds is 8. The lowest BCUT2D eigenvalue weighted by Crippen LogP contribution is -2.34. The molecule has 6 nitrogen and oxygen atoms in total. The maximum atomic E-state index is 11.9. The van der Waals surface area contributed by atoms with Gasteiger partial charge in [-0.25, -0.2) is 4.79 Å². The molecule has 0 aliphatic carbocycles. The molecule has 0 N–H and O–H groups in total. The van der Waals surface area contributed by atoms with Crippen LogP contribution in [0.5, 0.6) is 0 Å². The van der Waals surface area contributed by atoms with Gasteiger partial charge in [-0.15, -0.1) is 0 Å². The summed E-state index contributed by atoms with van der Waals surface area (Å²) in [5.41, 5.74) is 1.44. The molecule has 2 rings (SSSR count). The first kappa shape index (κ1) is 18.7. The number of carbonyl (C=O) groups excluding carboxylic acids is 2. The molecule has 134 valence electrons. The van der Waals surface area contributed by atoms with Crippen molar-refractivity contribution in [3.8, 4) is 0 Å². The largest absolute Gasteiger partial charge is 0.468 e.